The fourth-order valence-corrected chi connectivity index (χ4v) is 1.57. The van der Waals surface area contributed by atoms with Crippen molar-refractivity contribution in [2.24, 2.45) is 5.92 Å². The highest BCUT2D eigenvalue weighted by atomic mass is 16.6. The van der Waals surface area contributed by atoms with Crippen LogP contribution >= 0.6 is 0 Å². The minimum absolute atomic E-state index is 0.576. The smallest absolute Gasteiger partial charge is 0.163 e. The summed E-state index contributed by atoms with van der Waals surface area (Å²) in [6.45, 7) is 6.39. The summed E-state index contributed by atoms with van der Waals surface area (Å²) in [5, 5.41) is 3.30. The van der Waals surface area contributed by atoms with Crippen LogP contribution in [0.1, 0.15) is 13.8 Å². The van der Waals surface area contributed by atoms with Crippen LogP contribution in [0.4, 0.5) is 11.4 Å². The molecule has 3 N–H and O–H groups in total. The van der Waals surface area contributed by atoms with E-state index in [9.17, 15) is 0 Å². The number of nitrogens with two attached hydrogens (primary N) is 1. The first-order valence-corrected chi connectivity index (χ1v) is 5.60. The third kappa shape index (κ3) is 2.32. The molecule has 4 heteroatoms. The molecule has 1 aromatic carbocycles. The van der Waals surface area contributed by atoms with Gasteiger partial charge in [0.25, 0.3) is 0 Å². The Hall–Kier alpha value is -1.58. The van der Waals surface area contributed by atoms with Gasteiger partial charge in [-0.1, -0.05) is 13.8 Å². The molecule has 0 saturated heterocycles. The molecule has 0 atom stereocenters. The summed E-state index contributed by atoms with van der Waals surface area (Å²) in [6.07, 6.45) is 0. The molecule has 0 aromatic heterocycles. The lowest BCUT2D eigenvalue weighted by Gasteiger charge is -2.21. The van der Waals surface area contributed by atoms with Crippen LogP contribution in [0.2, 0.25) is 0 Å². The predicted molar refractivity (Wildman–Crippen MR) is 65.2 cm³/mol. The maximum atomic E-state index is 5.93. The Kier molecular flexibility index (Phi) is 3.08. The normalized spacial score (nSPS) is 13.9. The van der Waals surface area contributed by atoms with E-state index in [1.54, 1.807) is 0 Å². The Morgan fingerprint density at radius 3 is 2.50 bits per heavy atom. The van der Waals surface area contributed by atoms with Crippen LogP contribution < -0.4 is 20.5 Å². The van der Waals surface area contributed by atoms with E-state index in [1.807, 2.05) is 12.1 Å². The van der Waals surface area contributed by atoms with Gasteiger partial charge in [0, 0.05) is 18.7 Å². The highest BCUT2D eigenvalue weighted by Crippen LogP contribution is 2.36. The molecule has 0 bridgehead atoms. The number of hydrogen-bond acceptors (Lipinski definition) is 4. The van der Waals surface area contributed by atoms with Crippen molar-refractivity contribution in [3.8, 4) is 11.5 Å². The highest BCUT2D eigenvalue weighted by Gasteiger charge is 2.14. The predicted octanol–water partition coefficient (Wildman–Crippen LogP) is 2.11. The maximum Gasteiger partial charge on any atom is 0.163 e. The van der Waals surface area contributed by atoms with E-state index in [-0.39, 0.29) is 0 Å². The average Bonchev–Trinajstić information content (AvgIpc) is 2.26. The van der Waals surface area contributed by atoms with Gasteiger partial charge in [0.1, 0.15) is 13.2 Å². The number of hydrogen-bond donors (Lipinski definition) is 2. The Balaban J connectivity index is 2.18. The fourth-order valence-electron chi connectivity index (χ4n) is 1.57. The standard InChI is InChI=1S/C12H18N2O2/c1-8(2)7-14-10-6-12-11(5-9(10)13)15-3-4-16-12/h5-6,8,14H,3-4,7,13H2,1-2H3. The van der Waals surface area contributed by atoms with Gasteiger partial charge in [0.2, 0.25) is 0 Å². The molecule has 0 unspecified atom stereocenters. The van der Waals surface area contributed by atoms with Crippen molar-refractivity contribution in [2.75, 3.05) is 30.8 Å². The topological polar surface area (TPSA) is 56.5 Å². The number of nitrogens with one attached hydrogen (secondary N) is 1. The second-order valence-corrected chi connectivity index (χ2v) is 4.36. The molecule has 1 aliphatic rings. The summed E-state index contributed by atoms with van der Waals surface area (Å²) in [5.41, 5.74) is 7.55. The van der Waals surface area contributed by atoms with Gasteiger partial charge in [-0.25, -0.2) is 0 Å². The Morgan fingerprint density at radius 1 is 1.25 bits per heavy atom. The van der Waals surface area contributed by atoms with E-state index in [1.165, 1.54) is 0 Å². The van der Waals surface area contributed by atoms with Gasteiger partial charge in [-0.2, -0.15) is 0 Å². The lowest BCUT2D eigenvalue weighted by atomic mass is 10.2. The van der Waals surface area contributed by atoms with Gasteiger partial charge in [-0.05, 0) is 5.92 Å². The van der Waals surface area contributed by atoms with Gasteiger partial charge < -0.3 is 20.5 Å². The summed E-state index contributed by atoms with van der Waals surface area (Å²) in [5.74, 6) is 2.08. The summed E-state index contributed by atoms with van der Waals surface area (Å²) >= 11 is 0. The Bertz CT molecular complexity index is 378. The van der Waals surface area contributed by atoms with Crippen LogP contribution in [-0.4, -0.2) is 19.8 Å². The zero-order valence-corrected chi connectivity index (χ0v) is 9.75. The first-order valence-electron chi connectivity index (χ1n) is 5.60. The Morgan fingerprint density at radius 2 is 1.88 bits per heavy atom. The van der Waals surface area contributed by atoms with Crippen molar-refractivity contribution in [2.45, 2.75) is 13.8 Å². The number of rotatable bonds is 3. The van der Waals surface area contributed by atoms with Crippen LogP contribution in [0.15, 0.2) is 12.1 Å². The minimum atomic E-state index is 0.576. The molecule has 0 saturated carbocycles. The van der Waals surface area contributed by atoms with E-state index in [0.29, 0.717) is 24.8 Å². The summed E-state index contributed by atoms with van der Waals surface area (Å²) in [4.78, 5) is 0. The van der Waals surface area contributed by atoms with Crippen LogP contribution in [0, 0.1) is 5.92 Å². The molecule has 0 amide bonds. The van der Waals surface area contributed by atoms with Gasteiger partial charge in [-0.3, -0.25) is 0 Å². The quantitative estimate of drug-likeness (QED) is 0.769. The minimum Gasteiger partial charge on any atom is -0.486 e. The van der Waals surface area contributed by atoms with Crippen molar-refractivity contribution in [1.29, 1.82) is 0 Å². The van der Waals surface area contributed by atoms with Crippen LogP contribution in [0.5, 0.6) is 11.5 Å². The molecule has 0 spiro atoms. The summed E-state index contributed by atoms with van der Waals surface area (Å²) in [6, 6.07) is 3.73. The number of fused-ring (bicyclic) bond motifs is 1. The van der Waals surface area contributed by atoms with Crippen molar-refractivity contribution in [3.63, 3.8) is 0 Å². The monoisotopic (exact) mass is 222 g/mol. The third-order valence-corrected chi connectivity index (χ3v) is 2.42. The van der Waals surface area contributed by atoms with Gasteiger partial charge in [0.15, 0.2) is 11.5 Å². The van der Waals surface area contributed by atoms with Gasteiger partial charge in [-0.15, -0.1) is 0 Å². The molecule has 0 fully saturated rings. The highest BCUT2D eigenvalue weighted by molar-refractivity contribution is 5.72. The Labute approximate surface area is 95.7 Å². The third-order valence-electron chi connectivity index (χ3n) is 2.42. The van der Waals surface area contributed by atoms with E-state index < -0.39 is 0 Å². The first kappa shape index (κ1) is 10.9. The number of anilines is 2. The molecule has 1 aliphatic heterocycles. The van der Waals surface area contributed by atoms with Gasteiger partial charge in [0.05, 0.1) is 11.4 Å². The number of nitrogen functional groups attached to an aromatic ring is 1. The molecule has 1 heterocycles. The first-order chi connectivity index (χ1) is 7.66. The fraction of sp³-hybridized carbons (Fsp3) is 0.500. The summed E-state index contributed by atoms with van der Waals surface area (Å²) < 4.78 is 11.0. The molecule has 16 heavy (non-hydrogen) atoms. The van der Waals surface area contributed by atoms with E-state index in [0.717, 1.165) is 23.7 Å². The lowest BCUT2D eigenvalue weighted by molar-refractivity contribution is 0.172. The van der Waals surface area contributed by atoms with Crippen LogP contribution in [0.3, 0.4) is 0 Å². The molecule has 1 aromatic rings. The van der Waals surface area contributed by atoms with Crippen molar-refractivity contribution in [3.05, 3.63) is 12.1 Å². The summed E-state index contributed by atoms with van der Waals surface area (Å²) in [7, 11) is 0. The lowest BCUT2D eigenvalue weighted by Crippen LogP contribution is -2.16. The van der Waals surface area contributed by atoms with Crippen molar-refractivity contribution >= 4 is 11.4 Å². The van der Waals surface area contributed by atoms with E-state index in [2.05, 4.69) is 19.2 Å². The molecule has 0 aliphatic carbocycles. The molecule has 2 rings (SSSR count). The molecular formula is C12H18N2O2. The molecule has 88 valence electrons. The maximum absolute atomic E-state index is 5.93. The largest absolute Gasteiger partial charge is 0.486 e. The average molecular weight is 222 g/mol. The van der Waals surface area contributed by atoms with Gasteiger partial charge >= 0.3 is 0 Å². The number of ether oxygens (including phenoxy) is 2. The number of benzene rings is 1. The van der Waals surface area contributed by atoms with Crippen LogP contribution in [-0.2, 0) is 0 Å². The zero-order valence-electron chi connectivity index (χ0n) is 9.75. The second-order valence-electron chi connectivity index (χ2n) is 4.36. The molecular weight excluding hydrogens is 204 g/mol. The molecule has 0 radical (unpaired) electrons. The SMILES string of the molecule is CC(C)CNc1cc2c(cc1N)OCCO2. The zero-order chi connectivity index (χ0) is 11.5. The molecule has 4 nitrogen and oxygen atoms in total. The van der Waals surface area contributed by atoms with E-state index >= 15 is 0 Å². The van der Waals surface area contributed by atoms with E-state index in [4.69, 9.17) is 15.2 Å². The van der Waals surface area contributed by atoms with Crippen molar-refractivity contribution in [1.82, 2.24) is 0 Å². The van der Waals surface area contributed by atoms with Crippen molar-refractivity contribution < 1.29 is 9.47 Å². The van der Waals surface area contributed by atoms with Crippen LogP contribution in [0.25, 0.3) is 0 Å². The second kappa shape index (κ2) is 4.51.